The van der Waals surface area contributed by atoms with Crippen molar-refractivity contribution in [2.75, 3.05) is 5.32 Å². The second-order valence-electron chi connectivity index (χ2n) is 4.63. The van der Waals surface area contributed by atoms with Crippen LogP contribution in [0.1, 0.15) is 15.2 Å². The molecule has 2 aromatic carbocycles. The van der Waals surface area contributed by atoms with Crippen LogP contribution in [-0.4, -0.2) is 15.9 Å². The highest BCUT2D eigenvalue weighted by Gasteiger charge is 2.16. The van der Waals surface area contributed by atoms with Gasteiger partial charge in [0.05, 0.1) is 21.8 Å². The van der Waals surface area contributed by atoms with Gasteiger partial charge in [-0.05, 0) is 24.3 Å². The molecule has 0 aliphatic heterocycles. The number of carbonyl (C=O) groups is 1. The number of anilines is 2. The zero-order chi connectivity index (χ0) is 16.4. The molecule has 3 aromatic rings. The summed E-state index contributed by atoms with van der Waals surface area (Å²) in [4.78, 5) is 16.8. The summed E-state index contributed by atoms with van der Waals surface area (Å²) >= 11 is 7.11. The summed E-state index contributed by atoms with van der Waals surface area (Å²) in [5, 5.41) is 12.7. The number of phenolic OH excluding ortho intramolecular Hbond substituents is 1. The second-order valence-corrected chi connectivity index (χ2v) is 6.07. The number of nitrogens with zero attached hydrogens (tertiary/aromatic N) is 1. The van der Waals surface area contributed by atoms with E-state index < -0.39 is 5.82 Å². The third-order valence-corrected chi connectivity index (χ3v) is 4.28. The zero-order valence-corrected chi connectivity index (χ0v) is 13.2. The van der Waals surface area contributed by atoms with Gasteiger partial charge in [-0.1, -0.05) is 35.1 Å². The molecule has 0 aliphatic rings. The van der Waals surface area contributed by atoms with Gasteiger partial charge in [0.1, 0.15) is 11.6 Å². The van der Waals surface area contributed by atoms with Gasteiger partial charge in [-0.3, -0.25) is 4.79 Å². The maximum absolute atomic E-state index is 13.7. The van der Waals surface area contributed by atoms with Gasteiger partial charge in [0.25, 0.3) is 0 Å². The van der Waals surface area contributed by atoms with Crippen LogP contribution in [0.25, 0.3) is 0 Å². The van der Waals surface area contributed by atoms with Gasteiger partial charge >= 0.3 is 0 Å². The highest BCUT2D eigenvalue weighted by molar-refractivity contribution is 7.17. The Morgan fingerprint density at radius 1 is 1.26 bits per heavy atom. The lowest BCUT2D eigenvalue weighted by Crippen LogP contribution is -1.99. The van der Waals surface area contributed by atoms with Gasteiger partial charge < -0.3 is 10.4 Å². The predicted octanol–water partition coefficient (Wildman–Crippen LogP) is 4.62. The van der Waals surface area contributed by atoms with Crippen LogP contribution in [0.5, 0.6) is 5.75 Å². The molecule has 0 atom stereocenters. The second kappa shape index (κ2) is 6.36. The van der Waals surface area contributed by atoms with Gasteiger partial charge in [-0.2, -0.15) is 0 Å². The zero-order valence-electron chi connectivity index (χ0n) is 11.6. The number of rotatable bonds is 4. The van der Waals surface area contributed by atoms with E-state index in [9.17, 15) is 14.3 Å². The van der Waals surface area contributed by atoms with E-state index in [1.54, 1.807) is 24.3 Å². The molecular formula is C16H10ClFN2O2S. The Labute approximate surface area is 140 Å². The van der Waals surface area contributed by atoms with E-state index in [0.29, 0.717) is 20.6 Å². The fourth-order valence-electron chi connectivity index (χ4n) is 1.94. The molecule has 3 rings (SSSR count). The highest BCUT2D eigenvalue weighted by Crippen LogP contribution is 2.28. The van der Waals surface area contributed by atoms with E-state index in [1.807, 2.05) is 0 Å². The summed E-state index contributed by atoms with van der Waals surface area (Å²) in [6, 6.07) is 10.5. The first-order valence-corrected chi connectivity index (χ1v) is 7.74. The number of carbonyl (C=O) groups excluding carboxylic acids is 1. The number of hydrogen-bond donors (Lipinski definition) is 2. The SMILES string of the molecule is O=C(c1cnc(Nc2ccc(O)cc2F)s1)c1ccccc1Cl. The van der Waals surface area contributed by atoms with Gasteiger partial charge in [0.15, 0.2) is 5.13 Å². The minimum Gasteiger partial charge on any atom is -0.508 e. The Balaban J connectivity index is 1.83. The van der Waals surface area contributed by atoms with E-state index in [0.717, 1.165) is 17.4 Å². The molecule has 0 saturated heterocycles. The summed E-state index contributed by atoms with van der Waals surface area (Å²) in [6.45, 7) is 0. The molecule has 1 heterocycles. The van der Waals surface area contributed by atoms with Gasteiger partial charge in [-0.25, -0.2) is 9.37 Å². The quantitative estimate of drug-likeness (QED) is 0.533. The Morgan fingerprint density at radius 3 is 2.78 bits per heavy atom. The molecule has 0 aliphatic carbocycles. The third-order valence-electron chi connectivity index (χ3n) is 3.04. The largest absolute Gasteiger partial charge is 0.508 e. The number of benzene rings is 2. The minimum atomic E-state index is -0.612. The molecule has 0 bridgehead atoms. The number of halogens is 2. The van der Waals surface area contributed by atoms with Crippen LogP contribution in [0.2, 0.25) is 5.02 Å². The summed E-state index contributed by atoms with van der Waals surface area (Å²) < 4.78 is 13.7. The Hall–Kier alpha value is -2.44. The summed E-state index contributed by atoms with van der Waals surface area (Å²) in [7, 11) is 0. The lowest BCUT2D eigenvalue weighted by atomic mass is 10.1. The number of hydrogen-bond acceptors (Lipinski definition) is 5. The molecular weight excluding hydrogens is 339 g/mol. The maximum Gasteiger partial charge on any atom is 0.206 e. The number of ketones is 1. The molecule has 0 unspecified atom stereocenters. The Morgan fingerprint density at radius 2 is 2.04 bits per heavy atom. The van der Waals surface area contributed by atoms with Crippen molar-refractivity contribution in [2.45, 2.75) is 0 Å². The topological polar surface area (TPSA) is 62.2 Å². The fraction of sp³-hybridized carbons (Fsp3) is 0. The molecule has 0 amide bonds. The molecule has 1 aromatic heterocycles. The lowest BCUT2D eigenvalue weighted by Gasteiger charge is -2.04. The van der Waals surface area contributed by atoms with E-state index in [4.69, 9.17) is 11.6 Å². The molecule has 2 N–H and O–H groups in total. The monoisotopic (exact) mass is 348 g/mol. The molecule has 23 heavy (non-hydrogen) atoms. The van der Waals surface area contributed by atoms with Crippen LogP contribution < -0.4 is 5.32 Å². The first-order chi connectivity index (χ1) is 11.0. The molecule has 116 valence electrons. The molecule has 0 saturated carbocycles. The van der Waals surface area contributed by atoms with Crippen molar-refractivity contribution in [2.24, 2.45) is 0 Å². The van der Waals surface area contributed by atoms with Crippen LogP contribution in [-0.2, 0) is 0 Å². The van der Waals surface area contributed by atoms with Crippen molar-refractivity contribution in [3.05, 3.63) is 69.9 Å². The lowest BCUT2D eigenvalue weighted by molar-refractivity contribution is 0.104. The van der Waals surface area contributed by atoms with Crippen molar-refractivity contribution in [3.63, 3.8) is 0 Å². The average molecular weight is 349 g/mol. The van der Waals surface area contributed by atoms with Crippen molar-refractivity contribution in [1.82, 2.24) is 4.98 Å². The molecule has 4 nitrogen and oxygen atoms in total. The number of phenols is 1. The van der Waals surface area contributed by atoms with Crippen molar-refractivity contribution in [3.8, 4) is 5.75 Å². The Bertz CT molecular complexity index is 882. The smallest absolute Gasteiger partial charge is 0.206 e. The van der Waals surface area contributed by atoms with Crippen molar-refractivity contribution >= 4 is 39.5 Å². The molecule has 0 spiro atoms. The van der Waals surface area contributed by atoms with Crippen molar-refractivity contribution < 1.29 is 14.3 Å². The number of nitrogens with one attached hydrogen (secondary N) is 1. The highest BCUT2D eigenvalue weighted by atomic mass is 35.5. The van der Waals surface area contributed by atoms with Crippen molar-refractivity contribution in [1.29, 1.82) is 0 Å². The third kappa shape index (κ3) is 3.33. The molecule has 0 radical (unpaired) electrons. The number of aromatic nitrogens is 1. The van der Waals surface area contributed by atoms with E-state index in [1.165, 1.54) is 18.3 Å². The number of thiazole rings is 1. The van der Waals surface area contributed by atoms with Crippen LogP contribution in [0, 0.1) is 5.82 Å². The van der Waals surface area contributed by atoms with E-state index >= 15 is 0 Å². The summed E-state index contributed by atoms with van der Waals surface area (Å²) in [5.74, 6) is -1.02. The predicted molar refractivity (Wildman–Crippen MR) is 88.3 cm³/mol. The number of aromatic hydroxyl groups is 1. The van der Waals surface area contributed by atoms with Crippen LogP contribution >= 0.6 is 22.9 Å². The molecule has 0 fully saturated rings. The minimum absolute atomic E-state index is 0.161. The maximum atomic E-state index is 13.7. The van der Waals surface area contributed by atoms with Crippen LogP contribution in [0.15, 0.2) is 48.7 Å². The first-order valence-electron chi connectivity index (χ1n) is 6.55. The van der Waals surface area contributed by atoms with Crippen LogP contribution in [0.4, 0.5) is 15.2 Å². The summed E-state index contributed by atoms with van der Waals surface area (Å²) in [5.41, 5.74) is 0.550. The average Bonchev–Trinajstić information content (AvgIpc) is 2.98. The summed E-state index contributed by atoms with van der Waals surface area (Å²) in [6.07, 6.45) is 1.41. The van der Waals surface area contributed by atoms with E-state index in [-0.39, 0.29) is 17.2 Å². The van der Waals surface area contributed by atoms with Gasteiger partial charge in [0.2, 0.25) is 5.78 Å². The fourth-order valence-corrected chi connectivity index (χ4v) is 2.94. The molecule has 7 heteroatoms. The van der Waals surface area contributed by atoms with E-state index in [2.05, 4.69) is 10.3 Å². The van der Waals surface area contributed by atoms with Gasteiger partial charge in [0, 0.05) is 11.6 Å². The Kier molecular flexibility index (Phi) is 4.27. The first kappa shape index (κ1) is 15.5. The van der Waals surface area contributed by atoms with Crippen LogP contribution in [0.3, 0.4) is 0 Å². The normalized spacial score (nSPS) is 10.5. The van der Waals surface area contributed by atoms with Gasteiger partial charge in [-0.15, -0.1) is 0 Å². The standard InChI is InChI=1S/C16H10ClFN2O2S/c17-11-4-2-1-3-10(11)15(22)14-8-19-16(23-14)20-13-6-5-9(21)7-12(13)18/h1-8,21H,(H,19,20).